The van der Waals surface area contributed by atoms with Crippen molar-refractivity contribution in [3.8, 4) is 0 Å². The maximum Gasteiger partial charge on any atom is 0.245 e. The molecule has 4 amide bonds. The van der Waals surface area contributed by atoms with E-state index in [0.29, 0.717) is 18.5 Å². The van der Waals surface area contributed by atoms with E-state index >= 15 is 0 Å². The molecule has 1 aromatic carbocycles. The number of aliphatic hydroxyl groups is 1. The molecule has 0 aliphatic carbocycles. The predicted molar refractivity (Wildman–Crippen MR) is 195 cm³/mol. The van der Waals surface area contributed by atoms with E-state index < -0.39 is 36.3 Å². The Hall–Kier alpha value is -3.06. The molecular weight excluding hydrogens is 638 g/mol. The molecule has 284 valence electrons. The van der Waals surface area contributed by atoms with Gasteiger partial charge in [-0.3, -0.25) is 24.1 Å². The molecule has 1 aliphatic heterocycles. The molecule has 2 rings (SSSR count). The molecular formula is C38H65N5O7. The van der Waals surface area contributed by atoms with Crippen LogP contribution < -0.4 is 10.6 Å². The van der Waals surface area contributed by atoms with E-state index in [0.717, 1.165) is 6.42 Å². The van der Waals surface area contributed by atoms with Gasteiger partial charge >= 0.3 is 0 Å². The Labute approximate surface area is 300 Å². The minimum absolute atomic E-state index is 0.0369. The van der Waals surface area contributed by atoms with Crippen LogP contribution in [0.15, 0.2) is 30.3 Å². The van der Waals surface area contributed by atoms with E-state index in [9.17, 15) is 24.3 Å². The Bertz CT molecular complexity index is 1230. The second kappa shape index (κ2) is 20.1. The zero-order valence-corrected chi connectivity index (χ0v) is 32.5. The molecule has 3 N–H and O–H groups in total. The minimum atomic E-state index is -0.871. The molecule has 0 unspecified atom stereocenters. The summed E-state index contributed by atoms with van der Waals surface area (Å²) in [6.07, 6.45) is -0.534. The summed E-state index contributed by atoms with van der Waals surface area (Å²) in [5.41, 5.74) is 0.711. The maximum absolute atomic E-state index is 13.7. The Morgan fingerprint density at radius 2 is 1.52 bits per heavy atom. The number of aliphatic hydroxyl groups excluding tert-OH is 1. The number of nitrogens with zero attached hydrogens (tertiary/aromatic N) is 3. The number of amides is 4. The van der Waals surface area contributed by atoms with Crippen LogP contribution in [0.25, 0.3) is 0 Å². The SMILES string of the molecule is CO[C@H](CC(=O)N1CCC[C@H]1[C@H](OC)[C@@H](C)C(=O)N[C@H](C)[C@@H](O)c1ccccc1)CN(C)C(=O)[C@@H](NC(=O)[C@H](C(C)C)N(C)C(C)C)C(C)C. The van der Waals surface area contributed by atoms with Gasteiger partial charge in [-0.15, -0.1) is 0 Å². The molecule has 1 heterocycles. The normalized spacial score (nSPS) is 19.2. The first-order valence-electron chi connectivity index (χ1n) is 18.1. The molecule has 8 atom stereocenters. The number of ether oxygens (including phenoxy) is 2. The van der Waals surface area contributed by atoms with Gasteiger partial charge in [-0.05, 0) is 58.1 Å². The van der Waals surface area contributed by atoms with Crippen molar-refractivity contribution in [1.29, 1.82) is 0 Å². The summed E-state index contributed by atoms with van der Waals surface area (Å²) < 4.78 is 11.6. The molecule has 0 bridgehead atoms. The van der Waals surface area contributed by atoms with Crippen molar-refractivity contribution in [2.75, 3.05) is 41.4 Å². The van der Waals surface area contributed by atoms with Gasteiger partial charge in [0.25, 0.3) is 0 Å². The van der Waals surface area contributed by atoms with Gasteiger partial charge in [-0.25, -0.2) is 0 Å². The van der Waals surface area contributed by atoms with Gasteiger partial charge in [0.1, 0.15) is 6.04 Å². The lowest BCUT2D eigenvalue weighted by molar-refractivity contribution is -0.144. The lowest BCUT2D eigenvalue weighted by atomic mass is 9.94. The van der Waals surface area contributed by atoms with Crippen molar-refractivity contribution in [1.82, 2.24) is 25.3 Å². The average molecular weight is 704 g/mol. The topological polar surface area (TPSA) is 141 Å². The predicted octanol–water partition coefficient (Wildman–Crippen LogP) is 3.24. The Kier molecular flexibility index (Phi) is 17.3. The fourth-order valence-corrected chi connectivity index (χ4v) is 6.86. The molecule has 0 saturated carbocycles. The highest BCUT2D eigenvalue weighted by atomic mass is 16.5. The number of hydrogen-bond donors (Lipinski definition) is 3. The lowest BCUT2D eigenvalue weighted by Gasteiger charge is -2.36. The highest BCUT2D eigenvalue weighted by Crippen LogP contribution is 2.28. The van der Waals surface area contributed by atoms with Crippen LogP contribution in [0.3, 0.4) is 0 Å². The van der Waals surface area contributed by atoms with E-state index in [-0.39, 0.29) is 66.6 Å². The number of hydrogen-bond acceptors (Lipinski definition) is 8. The van der Waals surface area contributed by atoms with Crippen LogP contribution in [-0.4, -0.2) is 127 Å². The van der Waals surface area contributed by atoms with Crippen molar-refractivity contribution in [2.24, 2.45) is 17.8 Å². The van der Waals surface area contributed by atoms with Crippen LogP contribution >= 0.6 is 0 Å². The second-order valence-corrected chi connectivity index (χ2v) is 14.9. The Balaban J connectivity index is 2.08. The van der Waals surface area contributed by atoms with E-state index in [1.54, 1.807) is 32.9 Å². The first-order chi connectivity index (χ1) is 23.5. The van der Waals surface area contributed by atoms with Crippen molar-refractivity contribution in [3.63, 3.8) is 0 Å². The first-order valence-corrected chi connectivity index (χ1v) is 18.1. The average Bonchev–Trinajstić information content (AvgIpc) is 3.56. The second-order valence-electron chi connectivity index (χ2n) is 14.9. The molecule has 12 nitrogen and oxygen atoms in total. The third-order valence-corrected chi connectivity index (χ3v) is 10.1. The van der Waals surface area contributed by atoms with Crippen molar-refractivity contribution >= 4 is 23.6 Å². The van der Waals surface area contributed by atoms with Gasteiger partial charge in [0.2, 0.25) is 23.6 Å². The largest absolute Gasteiger partial charge is 0.386 e. The minimum Gasteiger partial charge on any atom is -0.386 e. The summed E-state index contributed by atoms with van der Waals surface area (Å²) in [6.45, 7) is 16.1. The number of likely N-dealkylation sites (tertiary alicyclic amines) is 1. The monoisotopic (exact) mass is 703 g/mol. The lowest BCUT2D eigenvalue weighted by Crippen LogP contribution is -2.57. The molecule has 50 heavy (non-hydrogen) atoms. The summed E-state index contributed by atoms with van der Waals surface area (Å²) in [7, 11) is 6.64. The van der Waals surface area contributed by atoms with Crippen molar-refractivity contribution in [3.05, 3.63) is 35.9 Å². The van der Waals surface area contributed by atoms with Crippen LogP contribution in [0, 0.1) is 17.8 Å². The van der Waals surface area contributed by atoms with Crippen LogP contribution in [0.4, 0.5) is 0 Å². The van der Waals surface area contributed by atoms with Gasteiger partial charge in [0, 0.05) is 40.4 Å². The summed E-state index contributed by atoms with van der Waals surface area (Å²) in [5.74, 6) is -1.55. The zero-order valence-electron chi connectivity index (χ0n) is 32.5. The molecule has 0 radical (unpaired) electrons. The summed E-state index contributed by atoms with van der Waals surface area (Å²) in [5, 5.41) is 16.7. The standard InChI is InChI=1S/C38H65N5O7/c1-23(2)32(40-37(47)33(24(3)4)42(10)25(5)6)38(48)41(9)22-29(49-11)21-31(44)43-20-16-19-30(43)35(50-12)26(7)36(46)39-27(8)34(45)28-17-14-13-15-18-28/h13-15,17-18,23-27,29-30,32-35,45H,16,19-22H2,1-12H3,(H,39,46)(H,40,47)/t26-,27-,29-,30+,32+,33+,34-,35-/m1/s1. The molecule has 12 heteroatoms. The molecule has 1 fully saturated rings. The smallest absolute Gasteiger partial charge is 0.245 e. The maximum atomic E-state index is 13.7. The highest BCUT2D eigenvalue weighted by molar-refractivity contribution is 5.90. The number of likely N-dealkylation sites (N-methyl/N-ethyl adjacent to an activating group) is 2. The Morgan fingerprint density at radius 3 is 2.04 bits per heavy atom. The fourth-order valence-electron chi connectivity index (χ4n) is 6.86. The number of carbonyl (C=O) groups is 4. The molecule has 0 aromatic heterocycles. The van der Waals surface area contributed by atoms with E-state index in [4.69, 9.17) is 9.47 Å². The van der Waals surface area contributed by atoms with Gasteiger partial charge in [0.05, 0.1) is 48.8 Å². The Morgan fingerprint density at radius 1 is 0.900 bits per heavy atom. The molecule has 1 saturated heterocycles. The van der Waals surface area contributed by atoms with Crippen LogP contribution in [0.1, 0.15) is 86.3 Å². The van der Waals surface area contributed by atoms with E-state index in [1.165, 1.54) is 12.0 Å². The van der Waals surface area contributed by atoms with Crippen molar-refractivity contribution in [2.45, 2.75) is 123 Å². The molecule has 1 aromatic rings. The molecule has 0 spiro atoms. The van der Waals surface area contributed by atoms with Gasteiger partial charge < -0.3 is 35.0 Å². The fraction of sp³-hybridized carbons (Fsp3) is 0.737. The number of nitrogens with one attached hydrogen (secondary N) is 2. The number of methoxy groups -OCH3 is 2. The molecule has 1 aliphatic rings. The third-order valence-electron chi connectivity index (χ3n) is 10.1. The third kappa shape index (κ3) is 11.5. The van der Waals surface area contributed by atoms with Gasteiger partial charge in [-0.1, -0.05) is 65.0 Å². The van der Waals surface area contributed by atoms with E-state index in [2.05, 4.69) is 10.6 Å². The number of rotatable bonds is 19. The number of benzene rings is 1. The summed E-state index contributed by atoms with van der Waals surface area (Å²) in [4.78, 5) is 59.5. The highest BCUT2D eigenvalue weighted by Gasteiger charge is 2.41. The van der Waals surface area contributed by atoms with Crippen molar-refractivity contribution < 1.29 is 33.8 Å². The van der Waals surface area contributed by atoms with Crippen LogP contribution in [0.2, 0.25) is 0 Å². The zero-order chi connectivity index (χ0) is 37.9. The quantitative estimate of drug-likeness (QED) is 0.200. The van der Waals surface area contributed by atoms with E-state index in [1.807, 2.05) is 83.8 Å². The number of carbonyl (C=O) groups excluding carboxylic acids is 4. The summed E-state index contributed by atoms with van der Waals surface area (Å²) in [6, 6.07) is 7.34. The van der Waals surface area contributed by atoms with Gasteiger partial charge in [-0.2, -0.15) is 0 Å². The first kappa shape index (κ1) is 43.1. The van der Waals surface area contributed by atoms with Gasteiger partial charge in [0.15, 0.2) is 0 Å². The van der Waals surface area contributed by atoms with Crippen LogP contribution in [0.5, 0.6) is 0 Å². The summed E-state index contributed by atoms with van der Waals surface area (Å²) >= 11 is 0. The van der Waals surface area contributed by atoms with Crippen LogP contribution in [-0.2, 0) is 28.7 Å².